The van der Waals surface area contributed by atoms with Gasteiger partial charge in [-0.05, 0) is 66.0 Å². The Morgan fingerprint density at radius 3 is 2.61 bits per heavy atom. The van der Waals surface area contributed by atoms with Gasteiger partial charge in [-0.25, -0.2) is 4.99 Å². The first-order valence-electron chi connectivity index (χ1n) is 12.1. The van der Waals surface area contributed by atoms with Gasteiger partial charge in [0, 0.05) is 11.8 Å². The Kier molecular flexibility index (Phi) is 10.6. The number of nitrogens with zero attached hydrogens (tertiary/aromatic N) is 1. The molecule has 2 N–H and O–H groups in total. The number of allylic oxidation sites excluding steroid dienone is 10. The number of amidine groups is 1. The first-order valence-corrected chi connectivity index (χ1v) is 12.1. The molecular formula is C31H40N2. The topological polar surface area (TPSA) is 38.4 Å². The van der Waals surface area contributed by atoms with E-state index in [1.165, 1.54) is 16.7 Å². The van der Waals surface area contributed by atoms with E-state index in [0.29, 0.717) is 11.8 Å². The minimum absolute atomic E-state index is 0.329. The number of unbranched alkanes of at least 4 members (excludes halogenated alkanes) is 1. The van der Waals surface area contributed by atoms with Crippen molar-refractivity contribution in [2.24, 2.45) is 10.7 Å². The zero-order valence-corrected chi connectivity index (χ0v) is 21.1. The minimum Gasteiger partial charge on any atom is -0.383 e. The molecule has 0 radical (unpaired) electrons. The van der Waals surface area contributed by atoms with E-state index in [0.717, 1.165) is 48.0 Å². The number of aliphatic imine (C=N–C) groups is 1. The monoisotopic (exact) mass is 440 g/mol. The second kappa shape index (κ2) is 13.4. The fraction of sp³-hybridized carbons (Fsp3) is 0.323. The average molecular weight is 441 g/mol. The summed E-state index contributed by atoms with van der Waals surface area (Å²) in [7, 11) is 0. The molecule has 0 spiro atoms. The van der Waals surface area contributed by atoms with Crippen molar-refractivity contribution in [3.63, 3.8) is 0 Å². The molecule has 0 saturated carbocycles. The van der Waals surface area contributed by atoms with Crippen LogP contribution in [0.15, 0.2) is 107 Å². The summed E-state index contributed by atoms with van der Waals surface area (Å²) >= 11 is 0. The predicted molar refractivity (Wildman–Crippen MR) is 147 cm³/mol. The molecule has 2 heteroatoms. The number of fused-ring (bicyclic) bond motifs is 1. The molecule has 0 bridgehead atoms. The first-order chi connectivity index (χ1) is 15.9. The van der Waals surface area contributed by atoms with Crippen LogP contribution in [0.5, 0.6) is 0 Å². The van der Waals surface area contributed by atoms with E-state index < -0.39 is 0 Å². The minimum atomic E-state index is 0.329. The molecule has 174 valence electrons. The van der Waals surface area contributed by atoms with Crippen molar-refractivity contribution in [2.75, 3.05) is 0 Å². The Morgan fingerprint density at radius 1 is 1.15 bits per heavy atom. The predicted octanol–water partition coefficient (Wildman–Crippen LogP) is 8.59. The van der Waals surface area contributed by atoms with Gasteiger partial charge < -0.3 is 5.73 Å². The molecule has 1 aliphatic carbocycles. The van der Waals surface area contributed by atoms with Crippen molar-refractivity contribution in [1.82, 2.24) is 0 Å². The number of hydrogen-bond acceptors (Lipinski definition) is 1. The highest BCUT2D eigenvalue weighted by atomic mass is 14.8. The van der Waals surface area contributed by atoms with Gasteiger partial charge in [0.25, 0.3) is 0 Å². The Balaban J connectivity index is 2.65. The van der Waals surface area contributed by atoms with Gasteiger partial charge in [0.15, 0.2) is 0 Å². The average Bonchev–Trinajstić information content (AvgIpc) is 2.82. The van der Waals surface area contributed by atoms with Crippen LogP contribution in [0.3, 0.4) is 0 Å². The molecule has 1 aromatic rings. The van der Waals surface area contributed by atoms with Crippen molar-refractivity contribution < 1.29 is 0 Å². The van der Waals surface area contributed by atoms with Gasteiger partial charge in [-0.3, -0.25) is 0 Å². The summed E-state index contributed by atoms with van der Waals surface area (Å²) in [5.41, 5.74) is 14.5. The van der Waals surface area contributed by atoms with Crippen molar-refractivity contribution in [1.29, 1.82) is 0 Å². The third kappa shape index (κ3) is 7.18. The highest BCUT2D eigenvalue weighted by Gasteiger charge is 2.18. The van der Waals surface area contributed by atoms with Gasteiger partial charge in [-0.2, -0.15) is 0 Å². The van der Waals surface area contributed by atoms with Crippen LogP contribution in [0.25, 0.3) is 5.57 Å². The largest absolute Gasteiger partial charge is 0.383 e. The fourth-order valence-electron chi connectivity index (χ4n) is 4.10. The van der Waals surface area contributed by atoms with Crippen molar-refractivity contribution >= 4 is 11.4 Å². The summed E-state index contributed by atoms with van der Waals surface area (Å²) in [6.45, 7) is 15.2. The van der Waals surface area contributed by atoms with Gasteiger partial charge in [0.1, 0.15) is 5.84 Å². The maximum absolute atomic E-state index is 6.34. The molecule has 2 nitrogen and oxygen atoms in total. The normalized spacial score (nSPS) is 22.4. The van der Waals surface area contributed by atoms with Gasteiger partial charge in [-0.15, -0.1) is 0 Å². The van der Waals surface area contributed by atoms with Gasteiger partial charge >= 0.3 is 0 Å². The Morgan fingerprint density at radius 2 is 1.91 bits per heavy atom. The Hall–Kier alpha value is -3.13. The second-order valence-electron chi connectivity index (χ2n) is 8.51. The third-order valence-electron chi connectivity index (χ3n) is 5.86. The van der Waals surface area contributed by atoms with E-state index in [9.17, 15) is 0 Å². The summed E-state index contributed by atoms with van der Waals surface area (Å²) in [5, 5.41) is 0. The number of benzene rings is 1. The lowest BCUT2D eigenvalue weighted by atomic mass is 9.83. The third-order valence-corrected chi connectivity index (χ3v) is 5.86. The summed E-state index contributed by atoms with van der Waals surface area (Å²) in [6.07, 6.45) is 20.8. The zero-order chi connectivity index (χ0) is 24.2. The van der Waals surface area contributed by atoms with E-state index in [4.69, 9.17) is 5.73 Å². The first kappa shape index (κ1) is 26.1. The van der Waals surface area contributed by atoms with Gasteiger partial charge in [0.05, 0.1) is 0 Å². The van der Waals surface area contributed by atoms with E-state index in [-0.39, 0.29) is 0 Å². The number of hydrogen-bond donors (Lipinski definition) is 1. The van der Waals surface area contributed by atoms with Crippen molar-refractivity contribution in [2.45, 2.75) is 66.2 Å². The molecule has 0 heterocycles. The summed E-state index contributed by atoms with van der Waals surface area (Å²) in [6, 6.07) is 8.73. The van der Waals surface area contributed by atoms with E-state index in [2.05, 4.69) is 100.0 Å². The van der Waals surface area contributed by atoms with Crippen LogP contribution in [0.2, 0.25) is 0 Å². The smallest absolute Gasteiger partial charge is 0.130 e. The van der Waals surface area contributed by atoms with Crippen molar-refractivity contribution in [3.05, 3.63) is 113 Å². The number of rotatable bonds is 8. The standard InChI is InChI=1S/C31H40N2/c1-7-10-11-19-26(9-3)31(32)33-22-25(6)30-24(5)18-13-12-17-23(4)27-20-14-15-21-28(27)29(30)16-8-2/h9,11-15,17-23H,5,7-8,10,16H2,1-4,6H3,(H2,32,33)/b17-12-,18-13-,19-11-,25-22+,26-9+,30-29+. The highest BCUT2D eigenvalue weighted by molar-refractivity contribution is 5.99. The lowest BCUT2D eigenvalue weighted by molar-refractivity contribution is 0.934. The van der Waals surface area contributed by atoms with Crippen LogP contribution in [0.1, 0.15) is 77.3 Å². The van der Waals surface area contributed by atoms with Crippen LogP contribution in [0.4, 0.5) is 0 Å². The molecule has 0 saturated heterocycles. The van der Waals surface area contributed by atoms with Crippen LogP contribution in [-0.4, -0.2) is 5.84 Å². The van der Waals surface area contributed by atoms with Gasteiger partial charge in [-0.1, -0.05) is 107 Å². The zero-order valence-electron chi connectivity index (χ0n) is 21.1. The maximum atomic E-state index is 6.34. The molecule has 0 fully saturated rings. The van der Waals surface area contributed by atoms with Crippen LogP contribution in [-0.2, 0) is 0 Å². The lowest BCUT2D eigenvalue weighted by Crippen LogP contribution is -2.13. The van der Waals surface area contributed by atoms with Crippen molar-refractivity contribution in [3.8, 4) is 0 Å². The van der Waals surface area contributed by atoms with Crippen LogP contribution < -0.4 is 5.73 Å². The second-order valence-corrected chi connectivity index (χ2v) is 8.51. The molecule has 1 aliphatic rings. The molecule has 2 rings (SSSR count). The molecule has 1 unspecified atom stereocenters. The van der Waals surface area contributed by atoms with E-state index in [1.807, 2.05) is 19.2 Å². The molecule has 0 aliphatic heterocycles. The van der Waals surface area contributed by atoms with Crippen LogP contribution in [0, 0.1) is 0 Å². The summed E-state index contributed by atoms with van der Waals surface area (Å²) in [4.78, 5) is 4.64. The highest BCUT2D eigenvalue weighted by Crippen LogP contribution is 2.37. The number of nitrogens with two attached hydrogens (primary N) is 1. The fourth-order valence-corrected chi connectivity index (χ4v) is 4.10. The molecular weight excluding hydrogens is 400 g/mol. The Labute approximate surface area is 201 Å². The molecule has 1 atom stereocenters. The van der Waals surface area contributed by atoms with E-state index in [1.54, 1.807) is 0 Å². The van der Waals surface area contributed by atoms with Crippen LogP contribution >= 0.6 is 0 Å². The SMILES string of the molecule is C=C1/C=C\C=C/C(C)c2ccccc2/C(CCC)=C1/C(C)=C/N=C(N)\C(\C=C/CCC)=C\C. The molecule has 1 aromatic carbocycles. The van der Waals surface area contributed by atoms with E-state index >= 15 is 0 Å². The molecule has 33 heavy (non-hydrogen) atoms. The quantitative estimate of drug-likeness (QED) is 0.245. The summed E-state index contributed by atoms with van der Waals surface area (Å²) < 4.78 is 0. The molecule has 0 amide bonds. The van der Waals surface area contributed by atoms with Gasteiger partial charge in [0.2, 0.25) is 0 Å². The summed E-state index contributed by atoms with van der Waals surface area (Å²) in [5.74, 6) is 0.857. The maximum Gasteiger partial charge on any atom is 0.130 e. The Bertz CT molecular complexity index is 1040. The lowest BCUT2D eigenvalue weighted by Gasteiger charge is -2.22. The molecule has 0 aromatic heterocycles.